The van der Waals surface area contributed by atoms with Gasteiger partial charge in [-0.15, -0.1) is 11.3 Å². The van der Waals surface area contributed by atoms with Crippen LogP contribution in [0.3, 0.4) is 0 Å². The second-order valence-electron chi connectivity index (χ2n) is 6.04. The van der Waals surface area contributed by atoms with E-state index >= 15 is 0 Å². The summed E-state index contributed by atoms with van der Waals surface area (Å²) in [5.41, 5.74) is 1.66. The van der Waals surface area contributed by atoms with Crippen molar-refractivity contribution < 1.29 is 9.59 Å². The smallest absolute Gasteiger partial charge is 0.263 e. The number of carbonyl (C=O) groups is 2. The van der Waals surface area contributed by atoms with E-state index in [1.807, 2.05) is 42.6 Å². The van der Waals surface area contributed by atoms with Gasteiger partial charge >= 0.3 is 0 Å². The Kier molecular flexibility index (Phi) is 5.21. The number of aryl methyl sites for hydroxylation is 1. The molecule has 24 heavy (non-hydrogen) atoms. The minimum absolute atomic E-state index is 0.0101. The molecule has 126 valence electrons. The molecule has 1 aliphatic rings. The summed E-state index contributed by atoms with van der Waals surface area (Å²) in [7, 11) is 0. The molecule has 1 aromatic heterocycles. The monoisotopic (exact) mass is 362 g/mol. The number of hydrogen-bond acceptors (Lipinski definition) is 3. The van der Waals surface area contributed by atoms with E-state index in [4.69, 9.17) is 11.6 Å². The highest BCUT2D eigenvalue weighted by Gasteiger charge is 2.29. The number of benzene rings is 1. The summed E-state index contributed by atoms with van der Waals surface area (Å²) in [5, 5.41) is 5.32. The molecule has 1 aliphatic heterocycles. The van der Waals surface area contributed by atoms with E-state index in [2.05, 4.69) is 5.32 Å². The van der Waals surface area contributed by atoms with Gasteiger partial charge in [0.15, 0.2) is 0 Å². The van der Waals surface area contributed by atoms with E-state index < -0.39 is 0 Å². The van der Waals surface area contributed by atoms with Crippen LogP contribution in [0.5, 0.6) is 0 Å². The number of halogens is 1. The molecule has 0 aliphatic carbocycles. The largest absolute Gasteiger partial charge is 0.337 e. The van der Waals surface area contributed by atoms with Gasteiger partial charge in [0.1, 0.15) is 0 Å². The first kappa shape index (κ1) is 17.0. The fourth-order valence-electron chi connectivity index (χ4n) is 2.89. The maximum absolute atomic E-state index is 12.6. The van der Waals surface area contributed by atoms with Crippen LogP contribution in [-0.2, 0) is 4.79 Å². The molecule has 0 saturated carbocycles. The quantitative estimate of drug-likeness (QED) is 0.889. The van der Waals surface area contributed by atoms with Gasteiger partial charge in [0, 0.05) is 13.1 Å². The average molecular weight is 363 g/mol. The first-order chi connectivity index (χ1) is 11.5. The molecule has 1 aromatic carbocycles. The van der Waals surface area contributed by atoms with Crippen LogP contribution in [-0.4, -0.2) is 29.8 Å². The van der Waals surface area contributed by atoms with Crippen LogP contribution in [0.4, 0.5) is 5.69 Å². The fraction of sp³-hybridized carbons (Fsp3) is 0.333. The highest BCUT2D eigenvalue weighted by Crippen LogP contribution is 2.26. The first-order valence-corrected chi connectivity index (χ1v) is 9.20. The Morgan fingerprint density at radius 3 is 2.88 bits per heavy atom. The Balaban J connectivity index is 1.65. The van der Waals surface area contributed by atoms with Crippen molar-refractivity contribution in [3.8, 4) is 0 Å². The Morgan fingerprint density at radius 2 is 2.17 bits per heavy atom. The van der Waals surface area contributed by atoms with Crippen molar-refractivity contribution in [2.75, 3.05) is 18.4 Å². The van der Waals surface area contributed by atoms with Crippen LogP contribution in [0.25, 0.3) is 0 Å². The van der Waals surface area contributed by atoms with Gasteiger partial charge in [-0.05, 0) is 48.9 Å². The summed E-state index contributed by atoms with van der Waals surface area (Å²) in [5.74, 6) is -0.277. The van der Waals surface area contributed by atoms with Crippen molar-refractivity contribution in [1.82, 2.24) is 4.90 Å². The summed E-state index contributed by atoms with van der Waals surface area (Å²) in [6, 6.07) is 9.24. The lowest BCUT2D eigenvalue weighted by molar-refractivity contribution is -0.121. The molecule has 2 aromatic rings. The molecule has 0 radical (unpaired) electrons. The van der Waals surface area contributed by atoms with E-state index in [0.717, 1.165) is 23.3 Å². The zero-order valence-electron chi connectivity index (χ0n) is 13.4. The van der Waals surface area contributed by atoms with Crippen LogP contribution in [0.2, 0.25) is 5.02 Å². The average Bonchev–Trinajstić information content (AvgIpc) is 3.11. The maximum Gasteiger partial charge on any atom is 0.263 e. The molecule has 0 spiro atoms. The van der Waals surface area contributed by atoms with Gasteiger partial charge in [-0.25, -0.2) is 0 Å². The molecule has 1 N–H and O–H groups in total. The number of hydrogen-bond donors (Lipinski definition) is 1. The van der Waals surface area contributed by atoms with Crippen molar-refractivity contribution in [1.29, 1.82) is 0 Å². The summed E-state index contributed by atoms with van der Waals surface area (Å²) in [6.07, 6.45) is 1.61. The molecule has 2 heterocycles. The summed E-state index contributed by atoms with van der Waals surface area (Å²) < 4.78 is 0. The standard InChI is InChI=1S/C18H19ClN2O2S/c1-12-6-7-15(14(19)10-12)20-17(22)13-4-2-8-21(11-13)18(23)16-5-3-9-24-16/h3,5-7,9-10,13H,2,4,8,11H2,1H3,(H,20,22). The topological polar surface area (TPSA) is 49.4 Å². The predicted octanol–water partition coefficient (Wildman–Crippen LogP) is 4.20. The number of rotatable bonds is 3. The van der Waals surface area contributed by atoms with Crippen LogP contribution >= 0.6 is 22.9 Å². The van der Waals surface area contributed by atoms with Crippen molar-refractivity contribution >= 4 is 40.4 Å². The molecule has 1 atom stereocenters. The van der Waals surface area contributed by atoms with Gasteiger partial charge in [0.25, 0.3) is 5.91 Å². The van der Waals surface area contributed by atoms with Gasteiger partial charge < -0.3 is 10.2 Å². The minimum Gasteiger partial charge on any atom is -0.337 e. The lowest BCUT2D eigenvalue weighted by atomic mass is 9.96. The van der Waals surface area contributed by atoms with Gasteiger partial charge in [0.05, 0.1) is 21.5 Å². The summed E-state index contributed by atoms with van der Waals surface area (Å²) in [6.45, 7) is 3.10. The Labute approximate surface area is 150 Å². The number of amides is 2. The van der Waals surface area contributed by atoms with Gasteiger partial charge in [-0.2, -0.15) is 0 Å². The zero-order chi connectivity index (χ0) is 17.1. The molecular formula is C18H19ClN2O2S. The van der Waals surface area contributed by atoms with E-state index in [1.165, 1.54) is 11.3 Å². The lowest BCUT2D eigenvalue weighted by Gasteiger charge is -2.31. The summed E-state index contributed by atoms with van der Waals surface area (Å²) >= 11 is 7.61. The lowest BCUT2D eigenvalue weighted by Crippen LogP contribution is -2.43. The molecule has 1 saturated heterocycles. The molecule has 0 bridgehead atoms. The van der Waals surface area contributed by atoms with Crippen LogP contribution in [0.1, 0.15) is 28.1 Å². The number of piperidine rings is 1. The van der Waals surface area contributed by atoms with Crippen LogP contribution in [0.15, 0.2) is 35.7 Å². The minimum atomic E-state index is -0.208. The van der Waals surface area contributed by atoms with Gasteiger partial charge in [-0.1, -0.05) is 23.7 Å². The number of nitrogens with one attached hydrogen (secondary N) is 1. The second kappa shape index (κ2) is 7.36. The highest BCUT2D eigenvalue weighted by molar-refractivity contribution is 7.12. The maximum atomic E-state index is 12.6. The third-order valence-corrected chi connectivity index (χ3v) is 5.36. The molecule has 2 amide bonds. The molecular weight excluding hydrogens is 344 g/mol. The van der Waals surface area contributed by atoms with Crippen molar-refractivity contribution in [2.45, 2.75) is 19.8 Å². The third kappa shape index (κ3) is 3.79. The molecule has 6 heteroatoms. The van der Waals surface area contributed by atoms with E-state index in [0.29, 0.717) is 23.8 Å². The summed E-state index contributed by atoms with van der Waals surface area (Å²) in [4.78, 5) is 27.5. The molecule has 1 fully saturated rings. The Hall–Kier alpha value is -1.85. The predicted molar refractivity (Wildman–Crippen MR) is 97.8 cm³/mol. The van der Waals surface area contributed by atoms with Crippen molar-refractivity contribution in [3.63, 3.8) is 0 Å². The molecule has 4 nitrogen and oxygen atoms in total. The first-order valence-electron chi connectivity index (χ1n) is 7.94. The number of thiophene rings is 1. The second-order valence-corrected chi connectivity index (χ2v) is 7.40. The fourth-order valence-corrected chi connectivity index (χ4v) is 3.86. The molecule has 3 rings (SSSR count). The highest BCUT2D eigenvalue weighted by atomic mass is 35.5. The van der Waals surface area contributed by atoms with E-state index in [1.54, 1.807) is 4.90 Å². The van der Waals surface area contributed by atoms with Gasteiger partial charge in [0.2, 0.25) is 5.91 Å². The zero-order valence-corrected chi connectivity index (χ0v) is 15.0. The van der Waals surface area contributed by atoms with Crippen LogP contribution in [0, 0.1) is 12.8 Å². The Morgan fingerprint density at radius 1 is 1.33 bits per heavy atom. The number of anilines is 1. The van der Waals surface area contributed by atoms with Crippen molar-refractivity contribution in [2.24, 2.45) is 5.92 Å². The number of nitrogens with zero attached hydrogens (tertiary/aromatic N) is 1. The van der Waals surface area contributed by atoms with E-state index in [9.17, 15) is 9.59 Å². The Bertz CT molecular complexity index is 745. The van der Waals surface area contributed by atoms with E-state index in [-0.39, 0.29) is 17.7 Å². The van der Waals surface area contributed by atoms with Crippen LogP contribution < -0.4 is 5.32 Å². The number of carbonyl (C=O) groups excluding carboxylic acids is 2. The van der Waals surface area contributed by atoms with Gasteiger partial charge in [-0.3, -0.25) is 9.59 Å². The number of likely N-dealkylation sites (tertiary alicyclic amines) is 1. The van der Waals surface area contributed by atoms with Crippen molar-refractivity contribution in [3.05, 3.63) is 51.2 Å². The SMILES string of the molecule is Cc1ccc(NC(=O)C2CCCN(C(=O)c3cccs3)C2)c(Cl)c1. The molecule has 1 unspecified atom stereocenters. The normalized spacial score (nSPS) is 17.6. The third-order valence-electron chi connectivity index (χ3n) is 4.19.